The fourth-order valence-electron chi connectivity index (χ4n) is 2.04. The van der Waals surface area contributed by atoms with Crippen LogP contribution in [-0.2, 0) is 14.3 Å². The quantitative estimate of drug-likeness (QED) is 0.719. The van der Waals surface area contributed by atoms with E-state index in [-0.39, 0.29) is 12.1 Å². The Kier molecular flexibility index (Phi) is 5.18. The molecule has 1 heterocycles. The Morgan fingerprint density at radius 1 is 1.62 bits per heavy atom. The summed E-state index contributed by atoms with van der Waals surface area (Å²) in [6, 6.07) is -0.0277. The number of likely N-dealkylation sites (N-methyl/N-ethyl adjacent to an activating group) is 1. The molecule has 1 rings (SSSR count). The summed E-state index contributed by atoms with van der Waals surface area (Å²) in [4.78, 5) is 13.2. The van der Waals surface area contributed by atoms with Gasteiger partial charge in [-0.25, -0.2) is 0 Å². The standard InChI is InChI=1S/C11H21NO4/c1-4-12(5-8(2)15-3)10-7-16-6-9(10)11(13)14/h8-10H,4-7H2,1-3H3,(H,13,14). The SMILES string of the molecule is CCN(CC(C)OC)C1COCC1C(=O)O. The number of rotatable bonds is 6. The number of nitrogens with zero attached hydrogens (tertiary/aromatic N) is 1. The third-order valence-corrected chi connectivity index (χ3v) is 3.14. The molecule has 1 fully saturated rings. The van der Waals surface area contributed by atoms with E-state index in [9.17, 15) is 4.79 Å². The van der Waals surface area contributed by atoms with Crippen molar-refractivity contribution in [2.45, 2.75) is 26.0 Å². The van der Waals surface area contributed by atoms with E-state index in [0.29, 0.717) is 13.2 Å². The maximum absolute atomic E-state index is 11.0. The zero-order valence-electron chi connectivity index (χ0n) is 10.2. The molecule has 1 saturated heterocycles. The molecule has 3 unspecified atom stereocenters. The van der Waals surface area contributed by atoms with Gasteiger partial charge >= 0.3 is 5.97 Å². The monoisotopic (exact) mass is 231 g/mol. The first-order valence-corrected chi connectivity index (χ1v) is 5.67. The molecule has 1 aliphatic heterocycles. The molecule has 1 N–H and O–H groups in total. The average Bonchev–Trinajstić information content (AvgIpc) is 2.74. The minimum Gasteiger partial charge on any atom is -0.481 e. The van der Waals surface area contributed by atoms with Crippen molar-refractivity contribution in [3.8, 4) is 0 Å². The van der Waals surface area contributed by atoms with Gasteiger partial charge in [-0.1, -0.05) is 6.92 Å². The maximum atomic E-state index is 11.0. The number of methoxy groups -OCH3 is 1. The average molecular weight is 231 g/mol. The molecule has 0 aromatic carbocycles. The predicted octanol–water partition coefficient (Wildman–Crippen LogP) is 0.443. The van der Waals surface area contributed by atoms with Gasteiger partial charge in [-0.05, 0) is 13.5 Å². The smallest absolute Gasteiger partial charge is 0.310 e. The Labute approximate surface area is 96.3 Å². The van der Waals surface area contributed by atoms with Crippen LogP contribution in [-0.4, -0.2) is 61.5 Å². The van der Waals surface area contributed by atoms with Gasteiger partial charge in [0.15, 0.2) is 0 Å². The Morgan fingerprint density at radius 2 is 2.31 bits per heavy atom. The third-order valence-electron chi connectivity index (χ3n) is 3.14. The highest BCUT2D eigenvalue weighted by Gasteiger charge is 2.37. The van der Waals surface area contributed by atoms with Crippen LogP contribution in [0.5, 0.6) is 0 Å². The van der Waals surface area contributed by atoms with Gasteiger partial charge in [0, 0.05) is 19.7 Å². The fraction of sp³-hybridized carbons (Fsp3) is 0.909. The number of ether oxygens (including phenoxy) is 2. The van der Waals surface area contributed by atoms with Crippen LogP contribution in [0.1, 0.15) is 13.8 Å². The van der Waals surface area contributed by atoms with Crippen LogP contribution < -0.4 is 0 Å². The van der Waals surface area contributed by atoms with Crippen LogP contribution in [0.15, 0.2) is 0 Å². The second kappa shape index (κ2) is 6.18. The van der Waals surface area contributed by atoms with Crippen molar-refractivity contribution in [3.63, 3.8) is 0 Å². The molecule has 0 aromatic rings. The molecule has 0 spiro atoms. The van der Waals surface area contributed by atoms with E-state index in [1.54, 1.807) is 7.11 Å². The van der Waals surface area contributed by atoms with Gasteiger partial charge in [0.25, 0.3) is 0 Å². The topological polar surface area (TPSA) is 59.0 Å². The van der Waals surface area contributed by atoms with E-state index < -0.39 is 11.9 Å². The van der Waals surface area contributed by atoms with Gasteiger partial charge in [-0.3, -0.25) is 9.69 Å². The number of hydrogen-bond donors (Lipinski definition) is 1. The van der Waals surface area contributed by atoms with Crippen LogP contribution in [0.4, 0.5) is 0 Å². The van der Waals surface area contributed by atoms with E-state index in [4.69, 9.17) is 14.6 Å². The normalized spacial score (nSPS) is 27.2. The summed E-state index contributed by atoms with van der Waals surface area (Å²) in [6.07, 6.45) is 0.106. The van der Waals surface area contributed by atoms with Gasteiger partial charge in [0.05, 0.1) is 25.2 Å². The summed E-state index contributed by atoms with van der Waals surface area (Å²) in [5, 5.41) is 9.08. The maximum Gasteiger partial charge on any atom is 0.310 e. The zero-order valence-corrected chi connectivity index (χ0v) is 10.2. The Hall–Kier alpha value is -0.650. The molecule has 0 radical (unpaired) electrons. The number of carbonyl (C=O) groups is 1. The van der Waals surface area contributed by atoms with Gasteiger partial charge in [0.1, 0.15) is 0 Å². The lowest BCUT2D eigenvalue weighted by molar-refractivity contribution is -0.143. The van der Waals surface area contributed by atoms with Crippen molar-refractivity contribution < 1.29 is 19.4 Å². The predicted molar refractivity (Wildman–Crippen MR) is 59.5 cm³/mol. The van der Waals surface area contributed by atoms with Crippen LogP contribution >= 0.6 is 0 Å². The minimum atomic E-state index is -0.772. The molecule has 3 atom stereocenters. The molecule has 0 aromatic heterocycles. The number of carboxylic acid groups (broad SMARTS) is 1. The van der Waals surface area contributed by atoms with Gasteiger partial charge < -0.3 is 14.6 Å². The van der Waals surface area contributed by atoms with Gasteiger partial charge in [-0.2, -0.15) is 0 Å². The summed E-state index contributed by atoms with van der Waals surface area (Å²) in [5.74, 6) is -1.19. The van der Waals surface area contributed by atoms with E-state index >= 15 is 0 Å². The summed E-state index contributed by atoms with van der Waals surface area (Å²) in [6.45, 7) is 6.38. The summed E-state index contributed by atoms with van der Waals surface area (Å²) in [7, 11) is 1.67. The summed E-state index contributed by atoms with van der Waals surface area (Å²) < 4.78 is 10.5. The van der Waals surface area contributed by atoms with Crippen LogP contribution in [0.25, 0.3) is 0 Å². The third kappa shape index (κ3) is 3.17. The molecule has 16 heavy (non-hydrogen) atoms. The number of carboxylic acids is 1. The molecule has 0 saturated carbocycles. The number of hydrogen-bond acceptors (Lipinski definition) is 4. The van der Waals surface area contributed by atoms with Gasteiger partial charge in [0.2, 0.25) is 0 Å². The van der Waals surface area contributed by atoms with Crippen LogP contribution in [0.2, 0.25) is 0 Å². The van der Waals surface area contributed by atoms with E-state index in [0.717, 1.165) is 13.1 Å². The van der Waals surface area contributed by atoms with Crippen molar-refractivity contribution in [2.24, 2.45) is 5.92 Å². The Bertz CT molecular complexity index is 234. The van der Waals surface area contributed by atoms with Crippen molar-refractivity contribution in [1.29, 1.82) is 0 Å². The molecule has 94 valence electrons. The largest absolute Gasteiger partial charge is 0.481 e. The molecular weight excluding hydrogens is 210 g/mol. The summed E-state index contributed by atoms with van der Waals surface area (Å²) in [5.41, 5.74) is 0. The van der Waals surface area contributed by atoms with E-state index in [2.05, 4.69) is 4.90 Å². The highest BCUT2D eigenvalue weighted by atomic mass is 16.5. The molecule has 0 bridgehead atoms. The van der Waals surface area contributed by atoms with E-state index in [1.165, 1.54) is 0 Å². The highest BCUT2D eigenvalue weighted by Crippen LogP contribution is 2.20. The second-order valence-electron chi connectivity index (χ2n) is 4.18. The molecule has 0 aliphatic carbocycles. The van der Waals surface area contributed by atoms with Crippen molar-refractivity contribution in [2.75, 3.05) is 33.4 Å². The van der Waals surface area contributed by atoms with Crippen molar-refractivity contribution in [3.05, 3.63) is 0 Å². The first-order chi connectivity index (χ1) is 7.60. The van der Waals surface area contributed by atoms with Gasteiger partial charge in [-0.15, -0.1) is 0 Å². The highest BCUT2D eigenvalue weighted by molar-refractivity contribution is 5.71. The van der Waals surface area contributed by atoms with Crippen LogP contribution in [0.3, 0.4) is 0 Å². The molecule has 1 aliphatic rings. The van der Waals surface area contributed by atoms with Crippen molar-refractivity contribution in [1.82, 2.24) is 4.90 Å². The first kappa shape index (κ1) is 13.4. The lowest BCUT2D eigenvalue weighted by Crippen LogP contribution is -2.46. The van der Waals surface area contributed by atoms with E-state index in [1.807, 2.05) is 13.8 Å². The van der Waals surface area contributed by atoms with Crippen molar-refractivity contribution >= 4 is 5.97 Å². The molecular formula is C11H21NO4. The Morgan fingerprint density at radius 3 is 2.81 bits per heavy atom. The minimum absolute atomic E-state index is 0.0277. The lowest BCUT2D eigenvalue weighted by atomic mass is 10.0. The summed E-state index contributed by atoms with van der Waals surface area (Å²) >= 11 is 0. The first-order valence-electron chi connectivity index (χ1n) is 5.67. The molecule has 5 heteroatoms. The molecule has 0 amide bonds. The lowest BCUT2D eigenvalue weighted by Gasteiger charge is -2.30. The number of aliphatic carboxylic acids is 1. The Balaban J connectivity index is 2.60. The second-order valence-corrected chi connectivity index (χ2v) is 4.18. The zero-order chi connectivity index (χ0) is 12.1. The molecule has 5 nitrogen and oxygen atoms in total. The van der Waals surface area contributed by atoms with Crippen LogP contribution in [0, 0.1) is 5.92 Å². The fourth-order valence-corrected chi connectivity index (χ4v) is 2.04.